The number of carbonyl (C=O) groups excluding carboxylic acids is 1. The molecule has 124 valence electrons. The Labute approximate surface area is 147 Å². The van der Waals surface area contributed by atoms with Crippen LogP contribution in [0.25, 0.3) is 0 Å². The van der Waals surface area contributed by atoms with E-state index >= 15 is 0 Å². The average Bonchev–Trinajstić information content (AvgIpc) is 2.54. The fourth-order valence-corrected chi connectivity index (χ4v) is 1.74. The van der Waals surface area contributed by atoms with Crippen molar-refractivity contribution in [2.24, 2.45) is 5.73 Å². The van der Waals surface area contributed by atoms with E-state index < -0.39 is 6.09 Å². The topological polar surface area (TPSA) is 88.2 Å². The van der Waals surface area contributed by atoms with E-state index in [0.29, 0.717) is 12.1 Å². The maximum atomic E-state index is 11.6. The van der Waals surface area contributed by atoms with Gasteiger partial charge in [0.2, 0.25) is 0 Å². The lowest BCUT2D eigenvalue weighted by Gasteiger charge is -2.08. The van der Waals surface area contributed by atoms with E-state index in [1.54, 1.807) is 12.1 Å². The zero-order valence-electron chi connectivity index (χ0n) is 12.3. The molecule has 0 aliphatic carbocycles. The van der Waals surface area contributed by atoms with Crippen molar-refractivity contribution in [3.05, 3.63) is 71.3 Å². The molecular weight excluding hydrogens is 337 g/mol. The van der Waals surface area contributed by atoms with Crippen molar-refractivity contribution >= 4 is 36.7 Å². The van der Waals surface area contributed by atoms with E-state index in [1.165, 1.54) is 0 Å². The Balaban J connectivity index is 0.00000242. The minimum Gasteiger partial charge on any atom is -0.444 e. The van der Waals surface area contributed by atoms with E-state index in [1.807, 2.05) is 42.5 Å². The van der Waals surface area contributed by atoms with Crippen molar-refractivity contribution < 1.29 is 9.53 Å². The molecule has 0 saturated carbocycles. The minimum absolute atomic E-state index is 0. The number of carbonyl (C=O) groups is 1. The molecule has 23 heavy (non-hydrogen) atoms. The molecule has 5 nitrogen and oxygen atoms in total. The van der Waals surface area contributed by atoms with Gasteiger partial charge in [-0.2, -0.15) is 0 Å². The van der Waals surface area contributed by atoms with Gasteiger partial charge in [-0.25, -0.2) is 4.79 Å². The summed E-state index contributed by atoms with van der Waals surface area (Å²) >= 11 is 0. The summed E-state index contributed by atoms with van der Waals surface area (Å²) in [6.45, 7) is 0.617. The lowest BCUT2D eigenvalue weighted by Crippen LogP contribution is -2.31. The quantitative estimate of drug-likeness (QED) is 0.580. The SMILES string of the molecule is Cl.Cl.N=C(NC(=O)OCc1ccccc1)c1ccc(CN)cc1. The van der Waals surface area contributed by atoms with Crippen LogP contribution in [0.3, 0.4) is 0 Å². The van der Waals surface area contributed by atoms with E-state index in [-0.39, 0.29) is 37.3 Å². The first kappa shape index (κ1) is 20.9. The lowest BCUT2D eigenvalue weighted by atomic mass is 10.1. The molecule has 0 saturated heterocycles. The third kappa shape index (κ3) is 6.69. The smallest absolute Gasteiger partial charge is 0.413 e. The van der Waals surface area contributed by atoms with Gasteiger partial charge in [-0.05, 0) is 11.1 Å². The molecule has 7 heteroatoms. The molecule has 0 heterocycles. The van der Waals surface area contributed by atoms with Crippen LogP contribution in [0.4, 0.5) is 4.79 Å². The van der Waals surface area contributed by atoms with Crippen molar-refractivity contribution in [1.29, 1.82) is 5.41 Å². The highest BCUT2D eigenvalue weighted by Gasteiger charge is 2.08. The molecule has 0 aromatic heterocycles. The highest BCUT2D eigenvalue weighted by Crippen LogP contribution is 2.04. The first-order valence-corrected chi connectivity index (χ1v) is 6.54. The predicted molar refractivity (Wildman–Crippen MR) is 95.4 cm³/mol. The number of amides is 1. The van der Waals surface area contributed by atoms with Crippen molar-refractivity contribution in [3.63, 3.8) is 0 Å². The lowest BCUT2D eigenvalue weighted by molar-refractivity contribution is 0.145. The molecule has 2 rings (SSSR count). The standard InChI is InChI=1S/C16H17N3O2.2ClH/c17-10-12-6-8-14(9-7-12)15(18)19-16(20)21-11-13-4-2-1-3-5-13;;/h1-9H,10-11,17H2,(H2,18,19,20);2*1H. The summed E-state index contributed by atoms with van der Waals surface area (Å²) in [7, 11) is 0. The Hall–Kier alpha value is -2.08. The highest BCUT2D eigenvalue weighted by molar-refractivity contribution is 6.04. The zero-order chi connectivity index (χ0) is 15.1. The second-order valence-corrected chi connectivity index (χ2v) is 4.46. The molecule has 1 amide bonds. The summed E-state index contributed by atoms with van der Waals surface area (Å²) in [6.07, 6.45) is -0.647. The van der Waals surface area contributed by atoms with Gasteiger partial charge in [0.15, 0.2) is 0 Å². The van der Waals surface area contributed by atoms with Crippen molar-refractivity contribution in [2.45, 2.75) is 13.2 Å². The first-order chi connectivity index (χ1) is 10.2. The molecule has 0 unspecified atom stereocenters. The van der Waals surface area contributed by atoms with E-state index in [2.05, 4.69) is 5.32 Å². The fraction of sp³-hybridized carbons (Fsp3) is 0.125. The second-order valence-electron chi connectivity index (χ2n) is 4.46. The highest BCUT2D eigenvalue weighted by atomic mass is 35.5. The zero-order valence-corrected chi connectivity index (χ0v) is 14.0. The summed E-state index contributed by atoms with van der Waals surface area (Å²) in [5, 5.41) is 10.2. The Morgan fingerprint density at radius 1 is 1.00 bits per heavy atom. The minimum atomic E-state index is -0.647. The van der Waals surface area contributed by atoms with Crippen LogP contribution >= 0.6 is 24.8 Å². The normalized spacial score (nSPS) is 9.09. The summed E-state index contributed by atoms with van der Waals surface area (Å²) in [4.78, 5) is 11.6. The van der Waals surface area contributed by atoms with Crippen LogP contribution < -0.4 is 11.1 Å². The maximum Gasteiger partial charge on any atom is 0.413 e. The molecule has 0 aliphatic heterocycles. The van der Waals surface area contributed by atoms with E-state index in [4.69, 9.17) is 15.9 Å². The number of hydrogen-bond acceptors (Lipinski definition) is 4. The Morgan fingerprint density at radius 2 is 1.61 bits per heavy atom. The molecule has 0 radical (unpaired) electrons. The van der Waals surface area contributed by atoms with Gasteiger partial charge in [-0.3, -0.25) is 10.7 Å². The van der Waals surface area contributed by atoms with Crippen molar-refractivity contribution in [3.8, 4) is 0 Å². The molecule has 0 aliphatic rings. The molecule has 0 bridgehead atoms. The van der Waals surface area contributed by atoms with Gasteiger partial charge in [-0.1, -0.05) is 54.6 Å². The van der Waals surface area contributed by atoms with Crippen LogP contribution in [0.15, 0.2) is 54.6 Å². The summed E-state index contributed by atoms with van der Waals surface area (Å²) < 4.78 is 5.05. The first-order valence-electron chi connectivity index (χ1n) is 6.54. The summed E-state index contributed by atoms with van der Waals surface area (Å²) in [5.74, 6) is -0.00312. The fourth-order valence-electron chi connectivity index (χ4n) is 1.74. The molecule has 0 fully saturated rings. The van der Waals surface area contributed by atoms with Crippen LogP contribution in [0.1, 0.15) is 16.7 Å². The number of amidine groups is 1. The van der Waals surface area contributed by atoms with Gasteiger partial charge in [0.1, 0.15) is 12.4 Å². The number of nitrogens with two attached hydrogens (primary N) is 1. The second kappa shape index (κ2) is 10.6. The van der Waals surface area contributed by atoms with Crippen LogP contribution in [0, 0.1) is 5.41 Å². The third-order valence-corrected chi connectivity index (χ3v) is 2.92. The molecular formula is C16H19Cl2N3O2. The van der Waals surface area contributed by atoms with Crippen LogP contribution in [0.5, 0.6) is 0 Å². The van der Waals surface area contributed by atoms with Crippen molar-refractivity contribution in [2.75, 3.05) is 0 Å². The monoisotopic (exact) mass is 355 g/mol. The van der Waals surface area contributed by atoms with Gasteiger partial charge in [0.05, 0.1) is 0 Å². The number of alkyl carbamates (subject to hydrolysis) is 1. The largest absolute Gasteiger partial charge is 0.444 e. The molecule has 2 aromatic rings. The van der Waals surface area contributed by atoms with Gasteiger partial charge >= 0.3 is 6.09 Å². The molecule has 4 N–H and O–H groups in total. The molecule has 0 atom stereocenters. The van der Waals surface area contributed by atoms with Gasteiger partial charge in [-0.15, -0.1) is 24.8 Å². The summed E-state index contributed by atoms with van der Waals surface area (Å²) in [6, 6.07) is 16.5. The average molecular weight is 356 g/mol. The van der Waals surface area contributed by atoms with E-state index in [9.17, 15) is 4.79 Å². The Bertz CT molecular complexity index is 619. The number of ether oxygens (including phenoxy) is 1. The van der Waals surface area contributed by atoms with Crippen LogP contribution in [0.2, 0.25) is 0 Å². The number of hydrogen-bond donors (Lipinski definition) is 3. The predicted octanol–water partition coefficient (Wildman–Crippen LogP) is 3.24. The maximum absolute atomic E-state index is 11.6. The Morgan fingerprint density at radius 3 is 2.17 bits per heavy atom. The van der Waals surface area contributed by atoms with E-state index in [0.717, 1.165) is 11.1 Å². The number of nitrogens with one attached hydrogen (secondary N) is 2. The van der Waals surface area contributed by atoms with Gasteiger partial charge < -0.3 is 10.5 Å². The Kier molecular flexibility index (Phi) is 9.65. The number of benzene rings is 2. The third-order valence-electron chi connectivity index (χ3n) is 2.92. The van der Waals surface area contributed by atoms with Crippen LogP contribution in [-0.4, -0.2) is 11.9 Å². The van der Waals surface area contributed by atoms with Crippen molar-refractivity contribution in [1.82, 2.24) is 5.32 Å². The van der Waals surface area contributed by atoms with Gasteiger partial charge in [0, 0.05) is 12.1 Å². The summed E-state index contributed by atoms with van der Waals surface area (Å²) in [5.41, 5.74) is 7.97. The van der Waals surface area contributed by atoms with Crippen LogP contribution in [-0.2, 0) is 17.9 Å². The number of rotatable bonds is 4. The molecule has 2 aromatic carbocycles. The van der Waals surface area contributed by atoms with Gasteiger partial charge in [0.25, 0.3) is 0 Å². The number of halogens is 2. The molecule has 0 spiro atoms.